The predicted octanol–water partition coefficient (Wildman–Crippen LogP) is 2.52. The summed E-state index contributed by atoms with van der Waals surface area (Å²) in [7, 11) is 0. The van der Waals surface area contributed by atoms with Gasteiger partial charge in [0.15, 0.2) is 0 Å². The summed E-state index contributed by atoms with van der Waals surface area (Å²) in [5.74, 6) is 7.24. The van der Waals surface area contributed by atoms with Gasteiger partial charge < -0.3 is 5.32 Å². The molecule has 0 fully saturated rings. The molecule has 0 rings (SSSR count). The molecule has 76 valence electrons. The molecule has 1 N–H and O–H groups in total. The molecule has 13 heavy (non-hydrogen) atoms. The van der Waals surface area contributed by atoms with Crippen LogP contribution in [0.25, 0.3) is 0 Å². The first kappa shape index (κ1) is 12.9. The second-order valence-electron chi connectivity index (χ2n) is 3.27. The Morgan fingerprint density at radius 3 is 2.54 bits per heavy atom. The van der Waals surface area contributed by atoms with Crippen molar-refractivity contribution in [3.63, 3.8) is 0 Å². The van der Waals surface area contributed by atoms with Crippen LogP contribution in [0.4, 0.5) is 0 Å². The van der Waals surface area contributed by atoms with Gasteiger partial charge in [-0.25, -0.2) is 0 Å². The Kier molecular flexibility index (Phi) is 8.38. The van der Waals surface area contributed by atoms with Gasteiger partial charge in [-0.2, -0.15) is 11.8 Å². The number of hydrogen-bond donors (Lipinski definition) is 1. The minimum Gasteiger partial charge on any atom is -0.312 e. The molecule has 0 aliphatic rings. The minimum absolute atomic E-state index is 0.560. The van der Waals surface area contributed by atoms with Crippen molar-refractivity contribution in [1.82, 2.24) is 5.32 Å². The molecule has 0 heterocycles. The van der Waals surface area contributed by atoms with Crippen LogP contribution in [-0.4, -0.2) is 23.6 Å². The summed E-state index contributed by atoms with van der Waals surface area (Å²) >= 11 is 2.00. The quantitative estimate of drug-likeness (QED) is 0.660. The van der Waals surface area contributed by atoms with Gasteiger partial charge in [0, 0.05) is 18.2 Å². The van der Waals surface area contributed by atoms with E-state index in [1.54, 1.807) is 0 Å². The van der Waals surface area contributed by atoms with Crippen LogP contribution in [-0.2, 0) is 0 Å². The molecule has 2 heteroatoms. The highest BCUT2D eigenvalue weighted by atomic mass is 32.2. The molecule has 1 atom stereocenters. The molecule has 0 spiro atoms. The van der Waals surface area contributed by atoms with Crippen molar-refractivity contribution in [1.29, 1.82) is 0 Å². The molecule has 0 aromatic carbocycles. The maximum Gasteiger partial charge on any atom is 0.0267 e. The number of thioether (sulfide) groups is 1. The van der Waals surface area contributed by atoms with Crippen molar-refractivity contribution in [2.75, 3.05) is 12.3 Å². The summed E-state index contributed by atoms with van der Waals surface area (Å²) in [6.45, 7) is 9.55. The van der Waals surface area contributed by atoms with E-state index in [4.69, 9.17) is 0 Å². The van der Waals surface area contributed by atoms with Gasteiger partial charge >= 0.3 is 0 Å². The largest absolute Gasteiger partial charge is 0.312 e. The molecule has 1 unspecified atom stereocenters. The van der Waals surface area contributed by atoms with E-state index >= 15 is 0 Å². The van der Waals surface area contributed by atoms with Crippen LogP contribution in [0.1, 0.15) is 34.1 Å². The van der Waals surface area contributed by atoms with E-state index in [2.05, 4.69) is 37.9 Å². The lowest BCUT2D eigenvalue weighted by Crippen LogP contribution is -2.31. The van der Waals surface area contributed by atoms with Gasteiger partial charge in [0.25, 0.3) is 0 Å². The van der Waals surface area contributed by atoms with Crippen LogP contribution < -0.4 is 5.32 Å². The van der Waals surface area contributed by atoms with E-state index in [9.17, 15) is 0 Å². The Morgan fingerprint density at radius 1 is 1.38 bits per heavy atom. The third-order valence-electron chi connectivity index (χ3n) is 1.65. The van der Waals surface area contributed by atoms with Gasteiger partial charge in [0.2, 0.25) is 0 Å². The predicted molar refractivity (Wildman–Crippen MR) is 63.1 cm³/mol. The fraction of sp³-hybridized carbons (Fsp3) is 0.818. The van der Waals surface area contributed by atoms with E-state index < -0.39 is 0 Å². The second-order valence-corrected chi connectivity index (χ2v) is 4.88. The van der Waals surface area contributed by atoms with Gasteiger partial charge in [0.1, 0.15) is 0 Å². The summed E-state index contributed by atoms with van der Waals surface area (Å²) in [4.78, 5) is 0. The van der Waals surface area contributed by atoms with Crippen molar-refractivity contribution in [3.05, 3.63) is 0 Å². The molecule has 1 nitrogen and oxygen atoms in total. The van der Waals surface area contributed by atoms with Crippen molar-refractivity contribution in [3.8, 4) is 11.8 Å². The van der Waals surface area contributed by atoms with Crippen molar-refractivity contribution in [2.24, 2.45) is 0 Å². The van der Waals surface area contributed by atoms with Crippen LogP contribution in [0.5, 0.6) is 0 Å². The molecule has 0 bridgehead atoms. The first-order chi connectivity index (χ1) is 6.20. The van der Waals surface area contributed by atoms with Crippen molar-refractivity contribution in [2.45, 2.75) is 45.4 Å². The summed E-state index contributed by atoms with van der Waals surface area (Å²) in [5.41, 5.74) is 0. The van der Waals surface area contributed by atoms with E-state index in [-0.39, 0.29) is 0 Å². The van der Waals surface area contributed by atoms with Gasteiger partial charge in [-0.05, 0) is 18.7 Å². The Morgan fingerprint density at radius 2 is 2.08 bits per heavy atom. The summed E-state index contributed by atoms with van der Waals surface area (Å²) in [5, 5.41) is 4.17. The van der Waals surface area contributed by atoms with Crippen LogP contribution in [0.15, 0.2) is 0 Å². The molecular weight excluding hydrogens is 178 g/mol. The standard InChI is InChI=1S/C11H21NS/c1-5-7-8-11(12-6-2)9-13-10(3)4/h10-12H,6,8-9H2,1-4H3. The minimum atomic E-state index is 0.560. The molecule has 0 saturated carbocycles. The van der Waals surface area contributed by atoms with Crippen LogP contribution in [0.2, 0.25) is 0 Å². The average Bonchev–Trinajstić information content (AvgIpc) is 2.09. The van der Waals surface area contributed by atoms with Gasteiger partial charge in [-0.15, -0.1) is 11.8 Å². The molecule has 0 aliphatic carbocycles. The maximum absolute atomic E-state index is 3.45. The molecule has 0 radical (unpaired) electrons. The fourth-order valence-electron chi connectivity index (χ4n) is 1.01. The SMILES string of the molecule is CC#CCC(CSC(C)C)NCC. The third kappa shape index (κ3) is 8.21. The first-order valence-corrected chi connectivity index (χ1v) is 6.00. The highest BCUT2D eigenvalue weighted by Crippen LogP contribution is 2.11. The van der Waals surface area contributed by atoms with Crippen LogP contribution in [0.3, 0.4) is 0 Å². The van der Waals surface area contributed by atoms with E-state index in [1.807, 2.05) is 18.7 Å². The molecule has 0 aromatic rings. The average molecular weight is 199 g/mol. The third-order valence-corrected chi connectivity index (χ3v) is 2.91. The zero-order valence-corrected chi connectivity index (χ0v) is 10.0. The summed E-state index contributed by atoms with van der Waals surface area (Å²) < 4.78 is 0. The van der Waals surface area contributed by atoms with Crippen LogP contribution in [0, 0.1) is 11.8 Å². The second kappa shape index (κ2) is 8.47. The monoisotopic (exact) mass is 199 g/mol. The zero-order valence-electron chi connectivity index (χ0n) is 9.18. The molecule has 0 aliphatic heterocycles. The van der Waals surface area contributed by atoms with Crippen LogP contribution >= 0.6 is 11.8 Å². The maximum atomic E-state index is 3.45. The van der Waals surface area contributed by atoms with Gasteiger partial charge in [-0.1, -0.05) is 20.8 Å². The van der Waals surface area contributed by atoms with E-state index in [0.717, 1.165) is 18.2 Å². The van der Waals surface area contributed by atoms with Crippen molar-refractivity contribution < 1.29 is 0 Å². The lowest BCUT2D eigenvalue weighted by atomic mass is 10.2. The Hall–Kier alpha value is -0.130. The van der Waals surface area contributed by atoms with Crippen molar-refractivity contribution >= 4 is 11.8 Å². The number of hydrogen-bond acceptors (Lipinski definition) is 2. The first-order valence-electron chi connectivity index (χ1n) is 4.95. The Labute approximate surface area is 87.1 Å². The summed E-state index contributed by atoms with van der Waals surface area (Å²) in [6.07, 6.45) is 0.976. The molecular formula is C11H21NS. The van der Waals surface area contributed by atoms with Gasteiger partial charge in [0.05, 0.1) is 0 Å². The normalized spacial score (nSPS) is 12.4. The molecule has 0 amide bonds. The lowest BCUT2D eigenvalue weighted by molar-refractivity contribution is 0.587. The lowest BCUT2D eigenvalue weighted by Gasteiger charge is -2.15. The zero-order chi connectivity index (χ0) is 10.1. The Bertz CT molecular complexity index is 167. The molecule has 0 aromatic heterocycles. The molecule has 0 saturated heterocycles. The fourth-order valence-corrected chi connectivity index (χ4v) is 1.87. The topological polar surface area (TPSA) is 12.0 Å². The smallest absolute Gasteiger partial charge is 0.0267 e. The highest BCUT2D eigenvalue weighted by Gasteiger charge is 2.06. The summed E-state index contributed by atoms with van der Waals surface area (Å²) in [6, 6.07) is 0.560. The number of nitrogens with one attached hydrogen (secondary N) is 1. The van der Waals surface area contributed by atoms with Gasteiger partial charge in [-0.3, -0.25) is 0 Å². The Balaban J connectivity index is 3.70. The number of rotatable bonds is 6. The van der Waals surface area contributed by atoms with E-state index in [1.165, 1.54) is 5.75 Å². The highest BCUT2D eigenvalue weighted by molar-refractivity contribution is 7.99. The van der Waals surface area contributed by atoms with E-state index in [0.29, 0.717) is 6.04 Å².